The first-order chi connectivity index (χ1) is 12.0. The molecule has 2 aromatic carbocycles. The minimum atomic E-state index is -0.612. The average molecular weight is 338 g/mol. The molecule has 0 unspecified atom stereocenters. The van der Waals surface area contributed by atoms with Crippen LogP contribution < -0.4 is 4.74 Å². The molecule has 0 spiro atoms. The normalized spacial score (nSPS) is 16.5. The van der Waals surface area contributed by atoms with Crippen molar-refractivity contribution in [1.82, 2.24) is 0 Å². The molecule has 0 bridgehead atoms. The Balaban J connectivity index is 1.75. The number of carbonyl (C=O) groups is 3. The fraction of sp³-hybridized carbons (Fsp3) is 0.250. The second-order valence-electron chi connectivity index (χ2n) is 5.95. The van der Waals surface area contributed by atoms with Gasteiger partial charge in [-0.05, 0) is 48.2 Å². The van der Waals surface area contributed by atoms with Crippen LogP contribution in [0.2, 0.25) is 0 Å². The predicted molar refractivity (Wildman–Crippen MR) is 91.2 cm³/mol. The van der Waals surface area contributed by atoms with Crippen LogP contribution in [0.25, 0.3) is 11.1 Å². The highest BCUT2D eigenvalue weighted by Crippen LogP contribution is 2.25. The van der Waals surface area contributed by atoms with Gasteiger partial charge in [-0.2, -0.15) is 0 Å². The molecule has 0 N–H and O–H groups in total. The number of hydrogen-bond donors (Lipinski definition) is 0. The third-order valence-corrected chi connectivity index (χ3v) is 4.05. The smallest absolute Gasteiger partial charge is 0.338 e. The number of esters is 2. The fourth-order valence-corrected chi connectivity index (χ4v) is 2.81. The standard InChI is InChI=1S/C20H18O5/c1-13(21)24-17-10-8-14(9-11-17)15-4-2-5-16(12-15)20(23)25-19-7-3-6-18(19)22/h2,4-5,8-12,19H,3,6-7H2,1H3/t19-/m0/s1. The van der Waals surface area contributed by atoms with Gasteiger partial charge in [0.2, 0.25) is 0 Å². The van der Waals surface area contributed by atoms with E-state index in [4.69, 9.17) is 9.47 Å². The van der Waals surface area contributed by atoms with E-state index in [2.05, 4.69) is 0 Å². The van der Waals surface area contributed by atoms with Crippen molar-refractivity contribution in [1.29, 1.82) is 0 Å². The first-order valence-electron chi connectivity index (χ1n) is 8.15. The van der Waals surface area contributed by atoms with E-state index in [9.17, 15) is 14.4 Å². The molecule has 2 aromatic rings. The lowest BCUT2D eigenvalue weighted by atomic mass is 10.0. The Kier molecular flexibility index (Phi) is 4.93. The van der Waals surface area contributed by atoms with Gasteiger partial charge in [-0.1, -0.05) is 24.3 Å². The SMILES string of the molecule is CC(=O)Oc1ccc(-c2cccc(C(=O)O[C@H]3CCCC3=O)c2)cc1. The van der Waals surface area contributed by atoms with Crippen LogP contribution in [0.5, 0.6) is 5.75 Å². The van der Waals surface area contributed by atoms with E-state index in [1.807, 2.05) is 18.2 Å². The lowest BCUT2D eigenvalue weighted by Gasteiger charge is -2.11. The Morgan fingerprint density at radius 2 is 1.80 bits per heavy atom. The second-order valence-corrected chi connectivity index (χ2v) is 5.95. The molecule has 0 saturated heterocycles. The van der Waals surface area contributed by atoms with Crippen molar-refractivity contribution in [2.24, 2.45) is 0 Å². The number of benzene rings is 2. The van der Waals surface area contributed by atoms with E-state index in [0.717, 1.165) is 17.5 Å². The summed E-state index contributed by atoms with van der Waals surface area (Å²) < 4.78 is 10.3. The largest absolute Gasteiger partial charge is 0.451 e. The van der Waals surface area contributed by atoms with E-state index < -0.39 is 12.1 Å². The third kappa shape index (κ3) is 4.12. The van der Waals surface area contributed by atoms with Gasteiger partial charge in [0.15, 0.2) is 11.9 Å². The van der Waals surface area contributed by atoms with Gasteiger partial charge in [0.1, 0.15) is 5.75 Å². The molecule has 3 rings (SSSR count). The Morgan fingerprint density at radius 3 is 2.44 bits per heavy atom. The van der Waals surface area contributed by atoms with Crippen LogP contribution >= 0.6 is 0 Å². The van der Waals surface area contributed by atoms with Crippen molar-refractivity contribution >= 4 is 17.7 Å². The van der Waals surface area contributed by atoms with Crippen LogP contribution in [-0.2, 0) is 14.3 Å². The van der Waals surface area contributed by atoms with Gasteiger partial charge < -0.3 is 9.47 Å². The van der Waals surface area contributed by atoms with E-state index >= 15 is 0 Å². The highest BCUT2D eigenvalue weighted by molar-refractivity contribution is 5.94. The van der Waals surface area contributed by atoms with Crippen LogP contribution in [0.3, 0.4) is 0 Å². The Hall–Kier alpha value is -2.95. The molecule has 0 heterocycles. The maximum absolute atomic E-state index is 12.3. The molecular weight excluding hydrogens is 320 g/mol. The molecule has 1 fully saturated rings. The summed E-state index contributed by atoms with van der Waals surface area (Å²) in [5.41, 5.74) is 2.12. The summed E-state index contributed by atoms with van der Waals surface area (Å²) in [6, 6.07) is 14.0. The molecular formula is C20H18O5. The Morgan fingerprint density at radius 1 is 1.04 bits per heavy atom. The zero-order valence-electron chi connectivity index (χ0n) is 13.9. The summed E-state index contributed by atoms with van der Waals surface area (Å²) in [6.45, 7) is 1.35. The minimum Gasteiger partial charge on any atom is -0.451 e. The predicted octanol–water partition coefficient (Wildman–Crippen LogP) is 3.56. The summed E-state index contributed by atoms with van der Waals surface area (Å²) in [6.07, 6.45) is 1.24. The molecule has 0 amide bonds. The molecule has 5 nitrogen and oxygen atoms in total. The quantitative estimate of drug-likeness (QED) is 0.630. The summed E-state index contributed by atoms with van der Waals surface area (Å²) >= 11 is 0. The van der Waals surface area contributed by atoms with Gasteiger partial charge in [0.25, 0.3) is 0 Å². The molecule has 0 radical (unpaired) electrons. The lowest BCUT2D eigenvalue weighted by molar-refractivity contribution is -0.131. The van der Waals surface area contributed by atoms with E-state index in [1.54, 1.807) is 30.3 Å². The highest BCUT2D eigenvalue weighted by atomic mass is 16.5. The van der Waals surface area contributed by atoms with Crippen molar-refractivity contribution in [2.45, 2.75) is 32.3 Å². The number of carbonyl (C=O) groups excluding carboxylic acids is 3. The Bertz CT molecular complexity index is 807. The molecule has 0 aliphatic heterocycles. The van der Waals surface area contributed by atoms with Gasteiger partial charge in [-0.3, -0.25) is 9.59 Å². The average Bonchev–Trinajstić information content (AvgIpc) is 3.00. The van der Waals surface area contributed by atoms with Crippen LogP contribution in [0.4, 0.5) is 0 Å². The van der Waals surface area contributed by atoms with Gasteiger partial charge in [-0.15, -0.1) is 0 Å². The number of Topliss-reactive ketones (excluding diaryl/α,β-unsaturated/α-hetero) is 1. The molecule has 1 atom stereocenters. The maximum Gasteiger partial charge on any atom is 0.338 e. The van der Waals surface area contributed by atoms with Crippen molar-refractivity contribution in [2.75, 3.05) is 0 Å². The van der Waals surface area contributed by atoms with Crippen LogP contribution in [0.15, 0.2) is 48.5 Å². The topological polar surface area (TPSA) is 69.7 Å². The zero-order chi connectivity index (χ0) is 17.8. The number of hydrogen-bond acceptors (Lipinski definition) is 5. The van der Waals surface area contributed by atoms with Gasteiger partial charge in [-0.25, -0.2) is 4.79 Å². The molecule has 128 valence electrons. The van der Waals surface area contributed by atoms with Gasteiger partial charge in [0.05, 0.1) is 5.56 Å². The van der Waals surface area contributed by atoms with Crippen molar-refractivity contribution < 1.29 is 23.9 Å². The zero-order valence-corrected chi connectivity index (χ0v) is 13.9. The maximum atomic E-state index is 12.3. The summed E-state index contributed by atoms with van der Waals surface area (Å²) in [5.74, 6) is -0.408. The van der Waals surface area contributed by atoms with Gasteiger partial charge in [0, 0.05) is 13.3 Å². The van der Waals surface area contributed by atoms with E-state index in [-0.39, 0.29) is 11.8 Å². The fourth-order valence-electron chi connectivity index (χ4n) is 2.81. The number of ketones is 1. The van der Waals surface area contributed by atoms with Gasteiger partial charge >= 0.3 is 11.9 Å². The van der Waals surface area contributed by atoms with Crippen LogP contribution in [0, 0.1) is 0 Å². The molecule has 25 heavy (non-hydrogen) atoms. The number of rotatable bonds is 4. The lowest BCUT2D eigenvalue weighted by Crippen LogP contribution is -2.21. The minimum absolute atomic E-state index is 0.00874. The summed E-state index contributed by atoms with van der Waals surface area (Å²) in [5, 5.41) is 0. The molecule has 0 aromatic heterocycles. The van der Waals surface area contributed by atoms with Crippen LogP contribution in [0.1, 0.15) is 36.5 Å². The molecule has 1 saturated carbocycles. The van der Waals surface area contributed by atoms with Crippen molar-refractivity contribution in [3.05, 3.63) is 54.1 Å². The van der Waals surface area contributed by atoms with E-state index in [0.29, 0.717) is 24.2 Å². The van der Waals surface area contributed by atoms with Crippen molar-refractivity contribution in [3.8, 4) is 16.9 Å². The monoisotopic (exact) mass is 338 g/mol. The molecule has 1 aliphatic rings. The summed E-state index contributed by atoms with van der Waals surface area (Å²) in [7, 11) is 0. The third-order valence-electron chi connectivity index (χ3n) is 4.05. The number of ether oxygens (including phenoxy) is 2. The molecule has 5 heteroatoms. The highest BCUT2D eigenvalue weighted by Gasteiger charge is 2.28. The Labute approximate surface area is 145 Å². The van der Waals surface area contributed by atoms with E-state index in [1.165, 1.54) is 6.92 Å². The van der Waals surface area contributed by atoms with Crippen LogP contribution in [-0.4, -0.2) is 23.8 Å². The second kappa shape index (κ2) is 7.30. The molecule has 1 aliphatic carbocycles. The first kappa shape index (κ1) is 16.9. The first-order valence-corrected chi connectivity index (χ1v) is 8.15. The van der Waals surface area contributed by atoms with Crippen molar-refractivity contribution in [3.63, 3.8) is 0 Å². The summed E-state index contributed by atoms with van der Waals surface area (Å²) in [4.78, 5) is 34.9.